The molecule has 1 radical (unpaired) electrons. The Balaban J connectivity index is 1.75. The van der Waals surface area contributed by atoms with Gasteiger partial charge in [-0.1, -0.05) is 33.6 Å². The van der Waals surface area contributed by atoms with Crippen molar-refractivity contribution in [2.45, 2.75) is 59.3 Å². The second kappa shape index (κ2) is 3.75. The van der Waals surface area contributed by atoms with Crippen molar-refractivity contribution in [2.24, 2.45) is 35.0 Å². The van der Waals surface area contributed by atoms with Gasteiger partial charge < -0.3 is 0 Å². The van der Waals surface area contributed by atoms with Crippen LogP contribution in [0.3, 0.4) is 0 Å². The van der Waals surface area contributed by atoms with Crippen molar-refractivity contribution in [1.29, 1.82) is 0 Å². The second-order valence-electron chi connectivity index (χ2n) is 7.30. The molecule has 0 N–H and O–H groups in total. The molecule has 3 saturated carbocycles. The van der Waals surface area contributed by atoms with Crippen LogP contribution in [0.2, 0.25) is 0 Å². The van der Waals surface area contributed by atoms with Crippen molar-refractivity contribution in [3.8, 4) is 0 Å². The first kappa shape index (κ1) is 11.1. The summed E-state index contributed by atoms with van der Waals surface area (Å²) < 4.78 is 0. The molecule has 3 aliphatic carbocycles. The van der Waals surface area contributed by atoms with Crippen molar-refractivity contribution in [2.75, 3.05) is 0 Å². The minimum Gasteiger partial charge on any atom is -0.0617 e. The molecule has 3 rings (SSSR count). The van der Waals surface area contributed by atoms with E-state index in [1.165, 1.54) is 25.7 Å². The Kier molecular flexibility index (Phi) is 2.60. The van der Waals surface area contributed by atoms with Crippen molar-refractivity contribution < 1.29 is 0 Å². The summed E-state index contributed by atoms with van der Waals surface area (Å²) in [4.78, 5) is 0. The van der Waals surface area contributed by atoms with Crippen LogP contribution in [-0.2, 0) is 0 Å². The first-order chi connectivity index (χ1) is 7.60. The molecular weight excluding hydrogens is 192 g/mol. The Hall–Kier alpha value is 0. The van der Waals surface area contributed by atoms with E-state index in [-0.39, 0.29) is 0 Å². The molecule has 3 fully saturated rings. The predicted octanol–water partition coefficient (Wildman–Crippen LogP) is 4.70. The van der Waals surface area contributed by atoms with Crippen LogP contribution < -0.4 is 0 Å². The van der Waals surface area contributed by atoms with Crippen LogP contribution in [-0.4, -0.2) is 0 Å². The molecule has 16 heavy (non-hydrogen) atoms. The molecule has 91 valence electrons. The van der Waals surface area contributed by atoms with E-state index in [1.807, 2.05) is 0 Å². The lowest BCUT2D eigenvalue weighted by molar-refractivity contribution is 0.0580. The third-order valence-electron chi connectivity index (χ3n) is 6.50. The average molecular weight is 219 g/mol. The van der Waals surface area contributed by atoms with Crippen molar-refractivity contribution in [1.82, 2.24) is 0 Å². The average Bonchev–Trinajstić information content (AvgIpc) is 2.81. The van der Waals surface area contributed by atoms with E-state index >= 15 is 0 Å². The second-order valence-corrected chi connectivity index (χ2v) is 7.30. The van der Waals surface area contributed by atoms with Crippen LogP contribution in [0.15, 0.2) is 0 Å². The summed E-state index contributed by atoms with van der Waals surface area (Å²) >= 11 is 0. The summed E-state index contributed by atoms with van der Waals surface area (Å²) in [5.74, 6) is 5.09. The number of hydrogen-bond acceptors (Lipinski definition) is 0. The standard InChI is InChI=1S/C16H27/c1-11-13-9-14(12-7-5-4-6-8-12)15(10-13)16(11,2)3/h7,11-15H,4-6,8-10H2,1-3H3. The molecule has 0 heteroatoms. The number of fused-ring (bicyclic) bond motifs is 2. The van der Waals surface area contributed by atoms with E-state index in [2.05, 4.69) is 27.2 Å². The van der Waals surface area contributed by atoms with Gasteiger partial charge in [0, 0.05) is 0 Å². The highest BCUT2D eigenvalue weighted by Gasteiger charge is 2.56. The molecule has 0 spiro atoms. The van der Waals surface area contributed by atoms with E-state index in [9.17, 15) is 0 Å². The summed E-state index contributed by atoms with van der Waals surface area (Å²) in [7, 11) is 0. The maximum Gasteiger partial charge on any atom is -0.0295 e. The quantitative estimate of drug-likeness (QED) is 0.599. The lowest BCUT2D eigenvalue weighted by Crippen LogP contribution is -2.37. The molecule has 0 aromatic carbocycles. The highest BCUT2D eigenvalue weighted by Crippen LogP contribution is 2.63. The maximum atomic E-state index is 2.68. The fraction of sp³-hybridized carbons (Fsp3) is 0.938. The summed E-state index contributed by atoms with van der Waals surface area (Å²) in [5.41, 5.74) is 0.624. The van der Waals surface area contributed by atoms with Crippen LogP contribution in [0.25, 0.3) is 0 Å². The SMILES string of the molecule is CC1C2CC(C3[CH]CCCC3)C(C2)C1(C)C. The van der Waals surface area contributed by atoms with Crippen molar-refractivity contribution in [3.63, 3.8) is 0 Å². The smallest absolute Gasteiger partial charge is 0.0295 e. The Morgan fingerprint density at radius 2 is 1.94 bits per heavy atom. The van der Waals surface area contributed by atoms with Gasteiger partial charge in [-0.2, -0.15) is 0 Å². The molecule has 0 nitrogen and oxygen atoms in total. The van der Waals surface area contributed by atoms with Crippen LogP contribution in [0, 0.1) is 41.4 Å². The van der Waals surface area contributed by atoms with Gasteiger partial charge in [-0.3, -0.25) is 0 Å². The van der Waals surface area contributed by atoms with Gasteiger partial charge in [-0.05, 0) is 67.1 Å². The van der Waals surface area contributed by atoms with E-state index in [4.69, 9.17) is 0 Å². The van der Waals surface area contributed by atoms with E-state index in [0.29, 0.717) is 5.41 Å². The van der Waals surface area contributed by atoms with Crippen LogP contribution >= 0.6 is 0 Å². The molecule has 0 aliphatic heterocycles. The van der Waals surface area contributed by atoms with Gasteiger partial charge in [-0.25, -0.2) is 0 Å². The molecule has 5 unspecified atom stereocenters. The summed E-state index contributed by atoms with van der Waals surface area (Å²) in [6, 6.07) is 0. The zero-order chi connectivity index (χ0) is 11.3. The van der Waals surface area contributed by atoms with Gasteiger partial charge in [0.05, 0.1) is 0 Å². The predicted molar refractivity (Wildman–Crippen MR) is 68.9 cm³/mol. The maximum absolute atomic E-state index is 2.68. The van der Waals surface area contributed by atoms with Gasteiger partial charge in [0.1, 0.15) is 0 Å². The highest BCUT2D eigenvalue weighted by molar-refractivity contribution is 5.07. The Labute approximate surface area is 101 Å². The van der Waals surface area contributed by atoms with Crippen LogP contribution in [0.1, 0.15) is 59.3 Å². The highest BCUT2D eigenvalue weighted by atomic mass is 14.6. The minimum absolute atomic E-state index is 0.624. The third-order valence-corrected chi connectivity index (χ3v) is 6.50. The lowest BCUT2D eigenvalue weighted by Gasteiger charge is -2.44. The number of rotatable bonds is 1. The largest absolute Gasteiger partial charge is 0.0617 e. The molecule has 0 saturated heterocycles. The summed E-state index contributed by atoms with van der Waals surface area (Å²) in [6.07, 6.45) is 11.6. The Morgan fingerprint density at radius 3 is 2.50 bits per heavy atom. The minimum atomic E-state index is 0.624. The van der Waals surface area contributed by atoms with Crippen LogP contribution in [0.4, 0.5) is 0 Å². The topological polar surface area (TPSA) is 0 Å². The van der Waals surface area contributed by atoms with Gasteiger partial charge >= 0.3 is 0 Å². The van der Waals surface area contributed by atoms with Gasteiger partial charge in [0.25, 0.3) is 0 Å². The summed E-state index contributed by atoms with van der Waals surface area (Å²) in [5, 5.41) is 0. The van der Waals surface area contributed by atoms with Gasteiger partial charge in [0.15, 0.2) is 0 Å². The van der Waals surface area contributed by atoms with Crippen molar-refractivity contribution >= 4 is 0 Å². The van der Waals surface area contributed by atoms with Gasteiger partial charge in [-0.15, -0.1) is 0 Å². The van der Waals surface area contributed by atoms with E-state index in [0.717, 1.165) is 29.6 Å². The molecule has 0 heterocycles. The zero-order valence-corrected chi connectivity index (χ0v) is 11.2. The molecular formula is C16H27. The molecule has 0 aromatic rings. The first-order valence-corrected chi connectivity index (χ1v) is 7.44. The molecule has 5 atom stereocenters. The lowest BCUT2D eigenvalue weighted by atomic mass is 9.61. The monoisotopic (exact) mass is 219 g/mol. The zero-order valence-electron chi connectivity index (χ0n) is 11.2. The fourth-order valence-corrected chi connectivity index (χ4v) is 5.16. The fourth-order valence-electron chi connectivity index (χ4n) is 5.16. The van der Waals surface area contributed by atoms with Gasteiger partial charge in [0.2, 0.25) is 0 Å². The molecule has 0 amide bonds. The van der Waals surface area contributed by atoms with Crippen LogP contribution in [0.5, 0.6) is 0 Å². The number of hydrogen-bond donors (Lipinski definition) is 0. The van der Waals surface area contributed by atoms with E-state index in [1.54, 1.807) is 12.8 Å². The normalized spacial score (nSPS) is 47.4. The molecule has 3 aliphatic rings. The summed E-state index contributed by atoms with van der Waals surface area (Å²) in [6.45, 7) is 7.58. The molecule has 2 bridgehead atoms. The first-order valence-electron chi connectivity index (χ1n) is 7.44. The molecule has 0 aromatic heterocycles. The van der Waals surface area contributed by atoms with Crippen molar-refractivity contribution in [3.05, 3.63) is 6.42 Å². The third kappa shape index (κ3) is 1.48. The van der Waals surface area contributed by atoms with E-state index < -0.39 is 0 Å². The Bertz CT molecular complexity index is 259. The Morgan fingerprint density at radius 1 is 1.12 bits per heavy atom.